The molecule has 160 valence electrons. The van der Waals surface area contributed by atoms with E-state index in [1.54, 1.807) is 4.90 Å². The van der Waals surface area contributed by atoms with Gasteiger partial charge in [-0.1, -0.05) is 30.0 Å². The van der Waals surface area contributed by atoms with Crippen molar-refractivity contribution in [3.63, 3.8) is 0 Å². The number of benzene rings is 2. The van der Waals surface area contributed by atoms with Crippen molar-refractivity contribution in [2.45, 2.75) is 38.3 Å². The summed E-state index contributed by atoms with van der Waals surface area (Å²) >= 11 is 1.51. The molecule has 0 radical (unpaired) electrons. The van der Waals surface area contributed by atoms with Crippen LogP contribution in [0, 0.1) is 13.8 Å². The molecule has 4 rings (SSSR count). The maximum atomic E-state index is 12.4. The normalized spacial score (nSPS) is 13.6. The van der Waals surface area contributed by atoms with Gasteiger partial charge < -0.3 is 10.2 Å². The average Bonchev–Trinajstić information content (AvgIpc) is 3.35. The Morgan fingerprint density at radius 2 is 1.87 bits per heavy atom. The molecular weight excluding hydrogens is 410 g/mol. The van der Waals surface area contributed by atoms with Crippen LogP contribution in [0.15, 0.2) is 53.7 Å². The van der Waals surface area contributed by atoms with Gasteiger partial charge in [0.15, 0.2) is 5.16 Å². The summed E-state index contributed by atoms with van der Waals surface area (Å²) in [5.74, 6) is 1.51. The fourth-order valence-electron chi connectivity index (χ4n) is 3.63. The van der Waals surface area contributed by atoms with Crippen LogP contribution in [-0.2, 0) is 9.59 Å². The first-order valence-electron chi connectivity index (χ1n) is 10.3. The summed E-state index contributed by atoms with van der Waals surface area (Å²) < 4.78 is 2.02. The number of hydrogen-bond acceptors (Lipinski definition) is 5. The number of aryl methyl sites for hydroxylation is 2. The second-order valence-corrected chi connectivity index (χ2v) is 8.56. The first-order valence-corrected chi connectivity index (χ1v) is 11.3. The van der Waals surface area contributed by atoms with Gasteiger partial charge in [0.1, 0.15) is 5.82 Å². The van der Waals surface area contributed by atoms with E-state index in [1.807, 2.05) is 54.0 Å². The van der Waals surface area contributed by atoms with E-state index < -0.39 is 0 Å². The molecule has 7 nitrogen and oxygen atoms in total. The average molecular weight is 436 g/mol. The van der Waals surface area contributed by atoms with Gasteiger partial charge in [-0.05, 0) is 56.2 Å². The highest BCUT2D eigenvalue weighted by Crippen LogP contribution is 2.25. The van der Waals surface area contributed by atoms with Gasteiger partial charge in [0.25, 0.3) is 0 Å². The van der Waals surface area contributed by atoms with E-state index in [9.17, 15) is 9.59 Å². The Morgan fingerprint density at radius 1 is 1.10 bits per heavy atom. The number of thioether (sulfide) groups is 1. The monoisotopic (exact) mass is 435 g/mol. The van der Waals surface area contributed by atoms with Gasteiger partial charge in [-0.25, -0.2) is 0 Å². The highest BCUT2D eigenvalue weighted by atomic mass is 32.2. The molecule has 3 aromatic rings. The molecule has 1 aromatic heterocycles. The molecule has 0 aliphatic carbocycles. The topological polar surface area (TPSA) is 80.1 Å². The molecule has 0 saturated carbocycles. The second kappa shape index (κ2) is 9.34. The lowest BCUT2D eigenvalue weighted by atomic mass is 10.2. The molecule has 0 unspecified atom stereocenters. The van der Waals surface area contributed by atoms with E-state index in [2.05, 4.69) is 28.5 Å². The van der Waals surface area contributed by atoms with Gasteiger partial charge in [0.2, 0.25) is 11.8 Å². The Bertz CT molecular complexity index is 1090. The fraction of sp³-hybridized carbons (Fsp3) is 0.304. The van der Waals surface area contributed by atoms with E-state index in [1.165, 1.54) is 11.8 Å². The molecule has 1 fully saturated rings. The fourth-order valence-corrected chi connectivity index (χ4v) is 4.56. The lowest BCUT2D eigenvalue weighted by Crippen LogP contribution is -2.23. The molecule has 0 bridgehead atoms. The number of hydrogen-bond donors (Lipinski definition) is 1. The minimum atomic E-state index is -0.0591. The van der Waals surface area contributed by atoms with Crippen molar-refractivity contribution in [3.05, 3.63) is 59.9 Å². The van der Waals surface area contributed by atoms with E-state index >= 15 is 0 Å². The highest BCUT2D eigenvalue weighted by Gasteiger charge is 2.21. The SMILES string of the molecule is Cc1ccccc1-n1c(C)nnc1SCCC(=O)Nc1ccc(N2CCCC2=O)cc1. The van der Waals surface area contributed by atoms with Gasteiger partial charge in [-0.15, -0.1) is 10.2 Å². The summed E-state index contributed by atoms with van der Waals surface area (Å²) in [5, 5.41) is 12.2. The molecular formula is C23H25N5O2S. The number of anilines is 2. The zero-order valence-electron chi connectivity index (χ0n) is 17.7. The van der Waals surface area contributed by atoms with Crippen LogP contribution in [0.1, 0.15) is 30.7 Å². The predicted molar refractivity (Wildman–Crippen MR) is 123 cm³/mol. The Morgan fingerprint density at radius 3 is 2.58 bits per heavy atom. The van der Waals surface area contributed by atoms with Crippen molar-refractivity contribution in [1.82, 2.24) is 14.8 Å². The van der Waals surface area contributed by atoms with Gasteiger partial charge >= 0.3 is 0 Å². The van der Waals surface area contributed by atoms with Gasteiger partial charge in [0, 0.05) is 36.5 Å². The number of nitrogens with zero attached hydrogens (tertiary/aromatic N) is 4. The molecule has 1 N–H and O–H groups in total. The summed E-state index contributed by atoms with van der Waals surface area (Å²) in [6, 6.07) is 15.5. The highest BCUT2D eigenvalue weighted by molar-refractivity contribution is 7.99. The van der Waals surface area contributed by atoms with Crippen LogP contribution in [-0.4, -0.2) is 38.9 Å². The zero-order valence-corrected chi connectivity index (χ0v) is 18.5. The maximum Gasteiger partial charge on any atom is 0.227 e. The van der Waals surface area contributed by atoms with Crippen LogP contribution in [0.4, 0.5) is 11.4 Å². The Hall–Kier alpha value is -3.13. The van der Waals surface area contributed by atoms with Crippen molar-refractivity contribution in [3.8, 4) is 5.69 Å². The predicted octanol–water partition coefficient (Wildman–Crippen LogP) is 4.13. The number of para-hydroxylation sites is 1. The molecule has 31 heavy (non-hydrogen) atoms. The van der Waals surface area contributed by atoms with Crippen molar-refractivity contribution in [2.75, 3.05) is 22.5 Å². The van der Waals surface area contributed by atoms with Crippen LogP contribution in [0.25, 0.3) is 5.69 Å². The molecule has 2 aromatic carbocycles. The molecule has 1 saturated heterocycles. The summed E-state index contributed by atoms with van der Waals surface area (Å²) in [5.41, 5.74) is 3.80. The zero-order chi connectivity index (χ0) is 21.8. The minimum absolute atomic E-state index is 0.0591. The molecule has 2 amide bonds. The van der Waals surface area contributed by atoms with E-state index in [0.29, 0.717) is 18.6 Å². The van der Waals surface area contributed by atoms with Crippen LogP contribution in [0.2, 0.25) is 0 Å². The first-order chi connectivity index (χ1) is 15.0. The van der Waals surface area contributed by atoms with Gasteiger partial charge in [-0.3, -0.25) is 14.2 Å². The molecule has 8 heteroatoms. The third kappa shape index (κ3) is 4.80. The standard InChI is InChI=1S/C23H25N5O2S/c1-16-6-3-4-7-20(16)28-17(2)25-26-23(28)31-15-13-21(29)24-18-9-11-19(12-10-18)27-14-5-8-22(27)30/h3-4,6-7,9-12H,5,8,13-15H2,1-2H3,(H,24,29). The lowest BCUT2D eigenvalue weighted by molar-refractivity contribution is -0.117. The van der Waals surface area contributed by atoms with Crippen LogP contribution in [0.3, 0.4) is 0 Å². The number of aromatic nitrogens is 3. The van der Waals surface area contributed by atoms with Crippen molar-refractivity contribution in [1.29, 1.82) is 0 Å². The van der Waals surface area contributed by atoms with Crippen LogP contribution >= 0.6 is 11.8 Å². The number of carbonyl (C=O) groups excluding carboxylic acids is 2. The Kier molecular flexibility index (Phi) is 6.36. The van der Waals surface area contributed by atoms with Gasteiger partial charge in [0.05, 0.1) is 5.69 Å². The van der Waals surface area contributed by atoms with E-state index in [4.69, 9.17) is 0 Å². The third-order valence-electron chi connectivity index (χ3n) is 5.25. The minimum Gasteiger partial charge on any atom is -0.326 e. The second-order valence-electron chi connectivity index (χ2n) is 7.49. The van der Waals surface area contributed by atoms with Crippen molar-refractivity contribution < 1.29 is 9.59 Å². The van der Waals surface area contributed by atoms with Crippen LogP contribution < -0.4 is 10.2 Å². The number of nitrogens with one attached hydrogen (secondary N) is 1. The van der Waals surface area contributed by atoms with E-state index in [0.717, 1.165) is 46.6 Å². The molecule has 0 atom stereocenters. The van der Waals surface area contributed by atoms with Crippen molar-refractivity contribution in [2.24, 2.45) is 0 Å². The lowest BCUT2D eigenvalue weighted by Gasteiger charge is -2.16. The summed E-state index contributed by atoms with van der Waals surface area (Å²) in [6.45, 7) is 4.74. The molecule has 1 aliphatic rings. The third-order valence-corrected chi connectivity index (χ3v) is 6.18. The van der Waals surface area contributed by atoms with Crippen molar-refractivity contribution >= 4 is 35.0 Å². The number of amides is 2. The summed E-state index contributed by atoms with van der Waals surface area (Å²) in [4.78, 5) is 26.0. The molecule has 1 aliphatic heterocycles. The van der Waals surface area contributed by atoms with E-state index in [-0.39, 0.29) is 11.8 Å². The Labute approximate surface area is 185 Å². The molecule has 2 heterocycles. The molecule has 0 spiro atoms. The van der Waals surface area contributed by atoms with Crippen LogP contribution in [0.5, 0.6) is 0 Å². The Balaban J connectivity index is 1.32. The largest absolute Gasteiger partial charge is 0.326 e. The number of rotatable bonds is 7. The quantitative estimate of drug-likeness (QED) is 0.565. The summed E-state index contributed by atoms with van der Waals surface area (Å²) in [7, 11) is 0. The number of carbonyl (C=O) groups is 2. The van der Waals surface area contributed by atoms with Gasteiger partial charge in [-0.2, -0.15) is 0 Å². The first kappa shape index (κ1) is 21.1. The smallest absolute Gasteiger partial charge is 0.227 e. The summed E-state index contributed by atoms with van der Waals surface area (Å²) in [6.07, 6.45) is 1.86. The maximum absolute atomic E-state index is 12.4.